The van der Waals surface area contributed by atoms with Gasteiger partial charge in [0.15, 0.2) is 17.1 Å². The van der Waals surface area contributed by atoms with Gasteiger partial charge in [-0.1, -0.05) is 26.0 Å². The minimum Gasteiger partial charge on any atom is -0.493 e. The van der Waals surface area contributed by atoms with Crippen LogP contribution in [0.4, 0.5) is 5.69 Å². The molecule has 1 amide bonds. The van der Waals surface area contributed by atoms with E-state index in [0.717, 1.165) is 5.56 Å². The molecule has 0 saturated carbocycles. The van der Waals surface area contributed by atoms with Crippen LogP contribution in [-0.4, -0.2) is 25.1 Å². The predicted octanol–water partition coefficient (Wildman–Crippen LogP) is 5.89. The molecule has 31 heavy (non-hydrogen) atoms. The van der Waals surface area contributed by atoms with Gasteiger partial charge in [-0.2, -0.15) is 0 Å². The van der Waals surface area contributed by atoms with Crippen LogP contribution in [0.1, 0.15) is 35.7 Å². The van der Waals surface area contributed by atoms with Gasteiger partial charge in [-0.25, -0.2) is 4.98 Å². The lowest BCUT2D eigenvalue weighted by Crippen LogP contribution is -2.11. The van der Waals surface area contributed by atoms with Crippen molar-refractivity contribution in [3.05, 3.63) is 71.8 Å². The number of hydrogen-bond donors (Lipinski definition) is 1. The van der Waals surface area contributed by atoms with Gasteiger partial charge in [0.1, 0.15) is 5.52 Å². The number of benzene rings is 3. The Morgan fingerprint density at radius 2 is 1.68 bits per heavy atom. The molecule has 0 radical (unpaired) electrons. The summed E-state index contributed by atoms with van der Waals surface area (Å²) in [6.45, 7) is 4.25. The highest BCUT2D eigenvalue weighted by Gasteiger charge is 2.13. The molecule has 6 heteroatoms. The van der Waals surface area contributed by atoms with Crippen LogP contribution >= 0.6 is 0 Å². The average molecular weight is 416 g/mol. The molecule has 0 aliphatic rings. The van der Waals surface area contributed by atoms with E-state index >= 15 is 0 Å². The molecule has 0 aliphatic carbocycles. The van der Waals surface area contributed by atoms with E-state index in [1.165, 1.54) is 5.56 Å². The number of ether oxygens (including phenoxy) is 2. The highest BCUT2D eigenvalue weighted by atomic mass is 16.5. The Kier molecular flexibility index (Phi) is 5.62. The number of carbonyl (C=O) groups is 1. The SMILES string of the molecule is COc1ccc(-c2nc3cc(NC(=O)c4ccc(C(C)C)cc4)ccc3o2)cc1OC. The number of anilines is 1. The Hall–Kier alpha value is -3.80. The average Bonchev–Trinajstić information content (AvgIpc) is 3.22. The van der Waals surface area contributed by atoms with Gasteiger partial charge in [-0.15, -0.1) is 0 Å². The number of amides is 1. The quantitative estimate of drug-likeness (QED) is 0.424. The predicted molar refractivity (Wildman–Crippen MR) is 121 cm³/mol. The van der Waals surface area contributed by atoms with Gasteiger partial charge in [-0.3, -0.25) is 4.79 Å². The maximum Gasteiger partial charge on any atom is 0.255 e. The van der Waals surface area contributed by atoms with Gasteiger partial charge in [0, 0.05) is 16.8 Å². The molecule has 3 aromatic carbocycles. The molecule has 0 aliphatic heterocycles. The molecular weight excluding hydrogens is 392 g/mol. The Morgan fingerprint density at radius 1 is 0.935 bits per heavy atom. The third kappa shape index (κ3) is 4.23. The maximum absolute atomic E-state index is 12.6. The summed E-state index contributed by atoms with van der Waals surface area (Å²) in [7, 11) is 3.17. The number of nitrogens with one attached hydrogen (secondary N) is 1. The first kappa shape index (κ1) is 20.5. The third-order valence-electron chi connectivity index (χ3n) is 5.12. The number of hydrogen-bond acceptors (Lipinski definition) is 5. The summed E-state index contributed by atoms with van der Waals surface area (Å²) in [5, 5.41) is 2.92. The minimum absolute atomic E-state index is 0.168. The van der Waals surface area contributed by atoms with Crippen LogP contribution in [0.15, 0.2) is 65.1 Å². The van der Waals surface area contributed by atoms with E-state index in [1.807, 2.05) is 36.4 Å². The number of fused-ring (bicyclic) bond motifs is 1. The molecule has 6 nitrogen and oxygen atoms in total. The molecule has 0 spiro atoms. The van der Waals surface area contributed by atoms with E-state index in [9.17, 15) is 4.79 Å². The molecule has 1 N–H and O–H groups in total. The monoisotopic (exact) mass is 416 g/mol. The van der Waals surface area contributed by atoms with Crippen LogP contribution in [0.5, 0.6) is 11.5 Å². The van der Waals surface area contributed by atoms with Crippen molar-refractivity contribution in [2.45, 2.75) is 19.8 Å². The molecule has 4 aromatic rings. The summed E-state index contributed by atoms with van der Waals surface area (Å²) in [4.78, 5) is 17.2. The van der Waals surface area contributed by atoms with Gasteiger partial charge in [0.05, 0.1) is 14.2 Å². The molecule has 1 heterocycles. The van der Waals surface area contributed by atoms with Crippen molar-refractivity contribution in [3.63, 3.8) is 0 Å². The van der Waals surface area contributed by atoms with Gasteiger partial charge in [0.25, 0.3) is 5.91 Å². The third-order valence-corrected chi connectivity index (χ3v) is 5.12. The van der Waals surface area contributed by atoms with Gasteiger partial charge >= 0.3 is 0 Å². The molecule has 158 valence electrons. The Balaban J connectivity index is 1.57. The number of oxazole rings is 1. The lowest BCUT2D eigenvalue weighted by molar-refractivity contribution is 0.102. The minimum atomic E-state index is -0.168. The Labute approximate surface area is 180 Å². The first-order chi connectivity index (χ1) is 15.0. The number of carbonyl (C=O) groups excluding carboxylic acids is 1. The fraction of sp³-hybridized carbons (Fsp3) is 0.200. The molecule has 0 saturated heterocycles. The number of rotatable bonds is 6. The van der Waals surface area contributed by atoms with Gasteiger partial charge in [-0.05, 0) is 60.0 Å². The lowest BCUT2D eigenvalue weighted by Gasteiger charge is -2.08. The molecule has 0 bridgehead atoms. The van der Waals surface area contributed by atoms with Crippen molar-refractivity contribution >= 4 is 22.7 Å². The first-order valence-electron chi connectivity index (χ1n) is 10.0. The van der Waals surface area contributed by atoms with Crippen LogP contribution in [0, 0.1) is 0 Å². The smallest absolute Gasteiger partial charge is 0.255 e. The number of methoxy groups -OCH3 is 2. The second-order valence-corrected chi connectivity index (χ2v) is 7.50. The van der Waals surface area contributed by atoms with Gasteiger partial charge in [0.2, 0.25) is 5.89 Å². The van der Waals surface area contributed by atoms with E-state index in [2.05, 4.69) is 24.1 Å². The van der Waals surface area contributed by atoms with Crippen LogP contribution in [-0.2, 0) is 0 Å². The summed E-state index contributed by atoms with van der Waals surface area (Å²) in [6, 6.07) is 18.5. The van der Waals surface area contributed by atoms with Crippen LogP contribution in [0.2, 0.25) is 0 Å². The van der Waals surface area contributed by atoms with E-state index in [-0.39, 0.29) is 5.91 Å². The van der Waals surface area contributed by atoms with Crippen LogP contribution in [0.25, 0.3) is 22.6 Å². The second kappa shape index (κ2) is 8.52. The normalized spacial score (nSPS) is 11.0. The van der Waals surface area contributed by atoms with Gasteiger partial charge < -0.3 is 19.2 Å². The Bertz CT molecular complexity index is 1230. The standard InChI is InChI=1S/C25H24N2O4/c1-15(2)16-5-7-17(8-6-16)24(28)26-19-10-12-21-20(14-19)27-25(31-21)18-9-11-22(29-3)23(13-18)30-4/h5-15H,1-4H3,(H,26,28). The fourth-order valence-corrected chi connectivity index (χ4v) is 3.32. The Morgan fingerprint density at radius 3 is 2.35 bits per heavy atom. The highest BCUT2D eigenvalue weighted by molar-refractivity contribution is 6.05. The number of aromatic nitrogens is 1. The molecular formula is C25H24N2O4. The lowest BCUT2D eigenvalue weighted by atomic mass is 10.0. The molecule has 0 atom stereocenters. The fourth-order valence-electron chi connectivity index (χ4n) is 3.32. The summed E-state index contributed by atoms with van der Waals surface area (Å²) in [5.74, 6) is 1.95. The molecule has 4 rings (SSSR count). The van der Waals surface area contributed by atoms with E-state index in [0.29, 0.717) is 45.7 Å². The molecule has 0 fully saturated rings. The van der Waals surface area contributed by atoms with Crippen molar-refractivity contribution < 1.29 is 18.7 Å². The van der Waals surface area contributed by atoms with Crippen molar-refractivity contribution in [1.82, 2.24) is 4.98 Å². The first-order valence-corrected chi connectivity index (χ1v) is 10.0. The largest absolute Gasteiger partial charge is 0.493 e. The summed E-state index contributed by atoms with van der Waals surface area (Å²) in [5.41, 5.74) is 4.50. The van der Waals surface area contributed by atoms with Crippen LogP contribution < -0.4 is 14.8 Å². The zero-order valence-electron chi connectivity index (χ0n) is 17.9. The second-order valence-electron chi connectivity index (χ2n) is 7.50. The zero-order chi connectivity index (χ0) is 22.0. The van der Waals surface area contributed by atoms with E-state index in [1.54, 1.807) is 38.5 Å². The van der Waals surface area contributed by atoms with E-state index in [4.69, 9.17) is 13.9 Å². The summed E-state index contributed by atoms with van der Waals surface area (Å²) in [6.07, 6.45) is 0. The molecule has 0 unspecified atom stereocenters. The number of nitrogens with zero attached hydrogens (tertiary/aromatic N) is 1. The molecule has 1 aromatic heterocycles. The topological polar surface area (TPSA) is 73.6 Å². The van der Waals surface area contributed by atoms with Crippen molar-refractivity contribution in [3.8, 4) is 23.0 Å². The van der Waals surface area contributed by atoms with Crippen molar-refractivity contribution in [2.24, 2.45) is 0 Å². The van der Waals surface area contributed by atoms with E-state index < -0.39 is 0 Å². The zero-order valence-corrected chi connectivity index (χ0v) is 17.9. The van der Waals surface area contributed by atoms with Crippen molar-refractivity contribution in [1.29, 1.82) is 0 Å². The highest BCUT2D eigenvalue weighted by Crippen LogP contribution is 2.33. The van der Waals surface area contributed by atoms with Crippen molar-refractivity contribution in [2.75, 3.05) is 19.5 Å². The summed E-state index contributed by atoms with van der Waals surface area (Å²) >= 11 is 0. The summed E-state index contributed by atoms with van der Waals surface area (Å²) < 4.78 is 16.5. The maximum atomic E-state index is 12.6. The van der Waals surface area contributed by atoms with Crippen LogP contribution in [0.3, 0.4) is 0 Å².